The summed E-state index contributed by atoms with van der Waals surface area (Å²) >= 11 is 0. The Morgan fingerprint density at radius 1 is 1.29 bits per heavy atom. The monoisotopic (exact) mass is 501 g/mol. The molecule has 1 fully saturated rings. The molecule has 2 aliphatic rings. The Bertz CT molecular complexity index is 981. The molecule has 2 atom stereocenters. The molecule has 1 saturated heterocycles. The number of halogens is 3. The summed E-state index contributed by atoms with van der Waals surface area (Å²) in [7, 11) is 0. The molecular weight excluding hydrogens is 471 g/mol. The third-order valence-electron chi connectivity index (χ3n) is 6.09. The predicted molar refractivity (Wildman–Crippen MR) is 116 cm³/mol. The quantitative estimate of drug-likeness (QED) is 0.657. The number of amides is 3. The molecule has 35 heavy (non-hydrogen) atoms. The Morgan fingerprint density at radius 2 is 1.97 bits per heavy atom. The van der Waals surface area contributed by atoms with Gasteiger partial charge < -0.3 is 19.6 Å². The first kappa shape index (κ1) is 26.6. The molecule has 194 valence electrons. The highest BCUT2D eigenvalue weighted by Gasteiger charge is 2.40. The first-order valence-corrected chi connectivity index (χ1v) is 11.3. The van der Waals surface area contributed by atoms with Crippen LogP contribution in [-0.4, -0.2) is 91.6 Å². The molecule has 0 aliphatic carbocycles. The molecule has 0 spiro atoms. The number of morpholine rings is 1. The van der Waals surface area contributed by atoms with E-state index in [0.29, 0.717) is 0 Å². The summed E-state index contributed by atoms with van der Waals surface area (Å²) in [6.45, 7) is 6.87. The molecule has 0 saturated carbocycles. The van der Waals surface area contributed by atoms with Gasteiger partial charge in [-0.3, -0.25) is 14.5 Å². The van der Waals surface area contributed by atoms with Gasteiger partial charge in [-0.25, -0.2) is 14.8 Å². The topological polar surface area (TPSA) is 116 Å². The fourth-order valence-corrected chi connectivity index (χ4v) is 4.57. The van der Waals surface area contributed by atoms with Crippen molar-refractivity contribution in [1.29, 1.82) is 0 Å². The fraction of sp³-hybridized carbons (Fsp3) is 0.682. The van der Waals surface area contributed by atoms with Crippen molar-refractivity contribution in [3.8, 4) is 0 Å². The zero-order chi connectivity index (χ0) is 26.1. The van der Waals surface area contributed by atoms with Crippen molar-refractivity contribution in [2.45, 2.75) is 70.9 Å². The van der Waals surface area contributed by atoms with Gasteiger partial charge in [0.05, 0.1) is 24.4 Å². The van der Waals surface area contributed by atoms with Crippen LogP contribution >= 0.6 is 0 Å². The number of carbonyl (C=O) groups is 3. The second-order valence-corrected chi connectivity index (χ2v) is 9.81. The third-order valence-corrected chi connectivity index (χ3v) is 6.09. The van der Waals surface area contributed by atoms with Crippen molar-refractivity contribution >= 4 is 17.9 Å². The molecule has 13 heteroatoms. The van der Waals surface area contributed by atoms with Crippen LogP contribution in [0.1, 0.15) is 51.1 Å². The van der Waals surface area contributed by atoms with E-state index in [1.165, 1.54) is 9.80 Å². The number of rotatable bonds is 5. The van der Waals surface area contributed by atoms with Gasteiger partial charge >= 0.3 is 12.3 Å². The van der Waals surface area contributed by atoms with Crippen LogP contribution in [0.4, 0.5) is 18.0 Å². The lowest BCUT2D eigenvalue weighted by atomic mass is 9.99. The molecule has 3 heterocycles. The highest BCUT2D eigenvalue weighted by Crippen LogP contribution is 2.33. The predicted octanol–water partition coefficient (Wildman–Crippen LogP) is 2.16. The molecule has 1 N–H and O–H groups in total. The summed E-state index contributed by atoms with van der Waals surface area (Å²) < 4.78 is 45.2. The Kier molecular flexibility index (Phi) is 7.58. The van der Waals surface area contributed by atoms with Gasteiger partial charge in [0.1, 0.15) is 12.9 Å². The van der Waals surface area contributed by atoms with Crippen molar-refractivity contribution < 1.29 is 37.4 Å². The van der Waals surface area contributed by atoms with E-state index in [9.17, 15) is 32.7 Å². The largest absolute Gasteiger partial charge is 0.465 e. The van der Waals surface area contributed by atoms with E-state index in [1.807, 2.05) is 0 Å². The van der Waals surface area contributed by atoms with Crippen molar-refractivity contribution in [1.82, 2.24) is 24.7 Å². The van der Waals surface area contributed by atoms with E-state index in [4.69, 9.17) is 4.74 Å². The maximum atomic E-state index is 13.3. The van der Waals surface area contributed by atoms with E-state index in [-0.39, 0.29) is 68.9 Å². The lowest BCUT2D eigenvalue weighted by Gasteiger charge is -2.43. The fourth-order valence-electron chi connectivity index (χ4n) is 4.57. The maximum Gasteiger partial charge on any atom is 0.433 e. The molecule has 0 aromatic carbocycles. The first-order valence-electron chi connectivity index (χ1n) is 11.3. The molecule has 1 aromatic heterocycles. The maximum absolute atomic E-state index is 13.3. The molecule has 10 nitrogen and oxygen atoms in total. The molecule has 2 aliphatic heterocycles. The summed E-state index contributed by atoms with van der Waals surface area (Å²) in [5, 5.41) is 9.94. The second-order valence-electron chi connectivity index (χ2n) is 9.81. The van der Waals surface area contributed by atoms with Crippen molar-refractivity contribution in [2.75, 3.05) is 26.2 Å². The molecule has 0 bridgehead atoms. The zero-order valence-electron chi connectivity index (χ0n) is 20.1. The van der Waals surface area contributed by atoms with E-state index in [1.54, 1.807) is 27.7 Å². The standard InChI is InChI=1S/C22H30F3N5O5/c1-13-8-29(18(32)11-35-13)9-14(30(20(33)34)21(2,3)4)7-17(31)28-6-5-15-16(10-28)26-12-27-19(15)22(23,24)25/h12-14H,5-11H2,1-4H3,(H,33,34)/t13-,14-/m0/s1. The molecule has 1 aromatic rings. The van der Waals surface area contributed by atoms with Crippen molar-refractivity contribution in [3.63, 3.8) is 0 Å². The van der Waals surface area contributed by atoms with Crippen LogP contribution in [0.15, 0.2) is 6.33 Å². The Hall–Kier alpha value is -2.96. The van der Waals surface area contributed by atoms with Gasteiger partial charge in [0.15, 0.2) is 5.69 Å². The number of carboxylic acid groups (broad SMARTS) is 1. The molecule has 0 radical (unpaired) electrons. The van der Waals surface area contributed by atoms with Crippen molar-refractivity contribution in [2.24, 2.45) is 0 Å². The van der Waals surface area contributed by atoms with Gasteiger partial charge in [0.25, 0.3) is 0 Å². The van der Waals surface area contributed by atoms with Gasteiger partial charge in [-0.1, -0.05) is 0 Å². The average Bonchev–Trinajstić information content (AvgIpc) is 2.73. The number of fused-ring (bicyclic) bond motifs is 1. The minimum Gasteiger partial charge on any atom is -0.465 e. The number of alkyl halides is 3. The third kappa shape index (κ3) is 6.19. The molecule has 3 rings (SSSR count). The Balaban J connectivity index is 1.83. The van der Waals surface area contributed by atoms with Gasteiger partial charge in [0, 0.05) is 37.2 Å². The van der Waals surface area contributed by atoms with E-state index >= 15 is 0 Å². The van der Waals surface area contributed by atoms with Gasteiger partial charge in [0.2, 0.25) is 11.8 Å². The normalized spacial score (nSPS) is 19.9. The van der Waals surface area contributed by atoms with Crippen LogP contribution < -0.4 is 0 Å². The summed E-state index contributed by atoms with van der Waals surface area (Å²) in [6.07, 6.45) is -5.58. The minimum absolute atomic E-state index is 0.00728. The van der Waals surface area contributed by atoms with Crippen molar-refractivity contribution in [3.05, 3.63) is 23.3 Å². The van der Waals surface area contributed by atoms with Gasteiger partial charge in [-0.15, -0.1) is 0 Å². The number of nitrogens with zero attached hydrogens (tertiary/aromatic N) is 5. The minimum atomic E-state index is -4.62. The number of hydrogen-bond donors (Lipinski definition) is 1. The van der Waals surface area contributed by atoms with E-state index in [0.717, 1.165) is 11.2 Å². The second kappa shape index (κ2) is 9.96. The lowest BCUT2D eigenvalue weighted by Crippen LogP contribution is -2.58. The highest BCUT2D eigenvalue weighted by atomic mass is 19.4. The lowest BCUT2D eigenvalue weighted by molar-refractivity contribution is -0.150. The number of hydrogen-bond acceptors (Lipinski definition) is 6. The SMILES string of the molecule is C[C@H]1CN(C[C@H](CC(=O)N2CCc3c(ncnc3C(F)(F)F)C2)N(C(=O)O)C(C)(C)C)C(=O)CO1. The summed E-state index contributed by atoms with van der Waals surface area (Å²) in [5.41, 5.74) is -1.79. The van der Waals surface area contributed by atoms with E-state index in [2.05, 4.69) is 9.97 Å². The summed E-state index contributed by atoms with van der Waals surface area (Å²) in [4.78, 5) is 49.1. The number of carbonyl (C=O) groups excluding carboxylic acids is 2. The molecular formula is C22H30F3N5O5. The van der Waals surface area contributed by atoms with E-state index < -0.39 is 35.5 Å². The molecule has 3 amide bonds. The zero-order valence-corrected chi connectivity index (χ0v) is 20.1. The average molecular weight is 502 g/mol. The first-order chi connectivity index (χ1) is 16.2. The Morgan fingerprint density at radius 3 is 2.57 bits per heavy atom. The van der Waals surface area contributed by atoms with Crippen LogP contribution in [0.3, 0.4) is 0 Å². The van der Waals surface area contributed by atoms with Crippen LogP contribution in [0.25, 0.3) is 0 Å². The van der Waals surface area contributed by atoms with Crippen LogP contribution in [0.5, 0.6) is 0 Å². The smallest absolute Gasteiger partial charge is 0.433 e. The Labute approximate surface area is 201 Å². The molecule has 0 unspecified atom stereocenters. The number of aromatic nitrogens is 2. The van der Waals surface area contributed by atoms with Gasteiger partial charge in [-0.05, 0) is 34.1 Å². The van der Waals surface area contributed by atoms with Crippen LogP contribution in [0, 0.1) is 0 Å². The summed E-state index contributed by atoms with van der Waals surface area (Å²) in [6, 6.07) is -0.869. The van der Waals surface area contributed by atoms with Crippen LogP contribution in [0.2, 0.25) is 0 Å². The highest BCUT2D eigenvalue weighted by molar-refractivity contribution is 5.80. The van der Waals surface area contributed by atoms with Gasteiger partial charge in [-0.2, -0.15) is 13.2 Å². The summed E-state index contributed by atoms with van der Waals surface area (Å²) in [5.74, 6) is -0.736. The van der Waals surface area contributed by atoms with Crippen LogP contribution in [-0.2, 0) is 33.5 Å². The number of ether oxygens (including phenoxy) is 1.